The Labute approximate surface area is 143 Å². The van der Waals surface area contributed by atoms with E-state index in [0.29, 0.717) is 32.4 Å². The van der Waals surface area contributed by atoms with Crippen LogP contribution in [0, 0.1) is 0 Å². The minimum absolute atomic E-state index is 0.0986. The fraction of sp³-hybridized carbons (Fsp3) is 0.588. The largest absolute Gasteiger partial charge is 0.339 e. The van der Waals surface area contributed by atoms with E-state index in [4.69, 9.17) is 0 Å². The number of benzene rings is 1. The zero-order valence-corrected chi connectivity index (χ0v) is 15.3. The van der Waals surface area contributed by atoms with Gasteiger partial charge in [-0.15, -0.1) is 0 Å². The van der Waals surface area contributed by atoms with Crippen LogP contribution in [0.15, 0.2) is 24.3 Å². The van der Waals surface area contributed by atoms with Gasteiger partial charge in [-0.1, -0.05) is 24.3 Å². The number of fused-ring (bicyclic) bond motifs is 1. The second-order valence-electron chi connectivity index (χ2n) is 7.18. The molecule has 1 aliphatic heterocycles. The van der Waals surface area contributed by atoms with Crippen molar-refractivity contribution in [1.82, 2.24) is 14.5 Å². The molecule has 0 spiro atoms. The third-order valence-corrected chi connectivity index (χ3v) is 5.96. The molecule has 1 atom stereocenters. The molecule has 1 unspecified atom stereocenters. The maximum atomic E-state index is 13.3. The van der Waals surface area contributed by atoms with E-state index in [9.17, 15) is 13.2 Å². The standard InChI is InChI=1S/C17H25N3O3S/c1-19(2)17(10-13-6-4-5-7-14(13)11-17)16(21)20-9-8-15(12-20)18-24(3,22)23/h4-7,15,18H,8-12H2,1-3H3. The van der Waals surface area contributed by atoms with Crippen molar-refractivity contribution in [2.45, 2.75) is 30.8 Å². The minimum atomic E-state index is -3.25. The zero-order valence-electron chi connectivity index (χ0n) is 14.4. The highest BCUT2D eigenvalue weighted by molar-refractivity contribution is 7.88. The maximum absolute atomic E-state index is 13.3. The van der Waals surface area contributed by atoms with Gasteiger partial charge >= 0.3 is 0 Å². The molecule has 1 aromatic rings. The van der Waals surface area contributed by atoms with Crippen LogP contribution in [-0.4, -0.2) is 69.1 Å². The molecule has 7 heteroatoms. The molecule has 3 rings (SSSR count). The summed E-state index contributed by atoms with van der Waals surface area (Å²) in [5.41, 5.74) is 1.89. The van der Waals surface area contributed by atoms with Gasteiger partial charge in [-0.2, -0.15) is 0 Å². The molecule has 0 saturated carbocycles. The van der Waals surface area contributed by atoms with Crippen LogP contribution in [0.25, 0.3) is 0 Å². The Morgan fingerprint density at radius 1 is 1.25 bits per heavy atom. The molecule has 1 N–H and O–H groups in total. The Balaban J connectivity index is 1.78. The van der Waals surface area contributed by atoms with E-state index in [1.165, 1.54) is 11.1 Å². The number of rotatable bonds is 4. The predicted octanol–water partition coefficient (Wildman–Crippen LogP) is 0.236. The lowest BCUT2D eigenvalue weighted by Gasteiger charge is -2.38. The van der Waals surface area contributed by atoms with Crippen molar-refractivity contribution in [2.24, 2.45) is 0 Å². The lowest BCUT2D eigenvalue weighted by molar-refractivity contribution is -0.141. The Morgan fingerprint density at radius 3 is 2.33 bits per heavy atom. The molecule has 1 heterocycles. The number of carbonyl (C=O) groups excluding carboxylic acids is 1. The van der Waals surface area contributed by atoms with E-state index in [-0.39, 0.29) is 11.9 Å². The van der Waals surface area contributed by atoms with Crippen LogP contribution < -0.4 is 4.72 Å². The van der Waals surface area contributed by atoms with Crippen molar-refractivity contribution in [1.29, 1.82) is 0 Å². The van der Waals surface area contributed by atoms with Crippen LogP contribution in [0.5, 0.6) is 0 Å². The van der Waals surface area contributed by atoms with Gasteiger partial charge in [0, 0.05) is 32.0 Å². The molecule has 1 saturated heterocycles. The fourth-order valence-electron chi connectivity index (χ4n) is 3.89. The van der Waals surface area contributed by atoms with Gasteiger partial charge in [0.15, 0.2) is 0 Å². The van der Waals surface area contributed by atoms with Gasteiger partial charge in [-0.05, 0) is 31.6 Å². The lowest BCUT2D eigenvalue weighted by Crippen LogP contribution is -2.58. The molecule has 24 heavy (non-hydrogen) atoms. The van der Waals surface area contributed by atoms with Crippen LogP contribution in [0.3, 0.4) is 0 Å². The number of nitrogens with one attached hydrogen (secondary N) is 1. The molecule has 1 aliphatic carbocycles. The van der Waals surface area contributed by atoms with Gasteiger partial charge in [0.05, 0.1) is 6.26 Å². The predicted molar refractivity (Wildman–Crippen MR) is 93.2 cm³/mol. The Bertz CT molecular complexity index is 720. The summed E-state index contributed by atoms with van der Waals surface area (Å²) in [6.45, 7) is 1.04. The first kappa shape index (κ1) is 17.4. The van der Waals surface area contributed by atoms with Crippen LogP contribution in [0.4, 0.5) is 0 Å². The molecule has 132 valence electrons. The van der Waals surface area contributed by atoms with E-state index >= 15 is 0 Å². The summed E-state index contributed by atoms with van der Waals surface area (Å²) in [6.07, 6.45) is 3.23. The van der Waals surface area contributed by atoms with Crippen molar-refractivity contribution in [2.75, 3.05) is 33.4 Å². The number of amides is 1. The number of sulfonamides is 1. The van der Waals surface area contributed by atoms with Crippen molar-refractivity contribution < 1.29 is 13.2 Å². The molecular weight excluding hydrogens is 326 g/mol. The highest BCUT2D eigenvalue weighted by Crippen LogP contribution is 2.35. The minimum Gasteiger partial charge on any atom is -0.339 e. The van der Waals surface area contributed by atoms with Gasteiger partial charge in [0.1, 0.15) is 5.54 Å². The normalized spacial score (nSPS) is 22.8. The highest BCUT2D eigenvalue weighted by Gasteiger charge is 2.48. The van der Waals surface area contributed by atoms with E-state index in [1.807, 2.05) is 36.0 Å². The zero-order chi connectivity index (χ0) is 17.5. The average molecular weight is 351 g/mol. The first-order chi connectivity index (χ1) is 11.2. The number of hydrogen-bond donors (Lipinski definition) is 1. The van der Waals surface area contributed by atoms with Gasteiger partial charge in [0.25, 0.3) is 0 Å². The van der Waals surface area contributed by atoms with Gasteiger partial charge < -0.3 is 4.90 Å². The van der Waals surface area contributed by atoms with E-state index in [0.717, 1.165) is 6.26 Å². The Morgan fingerprint density at radius 2 is 1.83 bits per heavy atom. The Kier molecular flexibility index (Phi) is 4.44. The molecule has 0 bridgehead atoms. The molecule has 1 fully saturated rings. The van der Waals surface area contributed by atoms with Gasteiger partial charge in [0.2, 0.25) is 15.9 Å². The average Bonchev–Trinajstić information content (AvgIpc) is 3.09. The molecule has 1 amide bonds. The van der Waals surface area contributed by atoms with Crippen LogP contribution in [0.1, 0.15) is 17.5 Å². The molecule has 0 radical (unpaired) electrons. The lowest BCUT2D eigenvalue weighted by atomic mass is 9.92. The summed E-state index contributed by atoms with van der Waals surface area (Å²) in [5, 5.41) is 0. The molecule has 6 nitrogen and oxygen atoms in total. The SMILES string of the molecule is CN(C)C1(C(=O)N2CCC(NS(C)(=O)=O)C2)Cc2ccccc2C1. The summed E-state index contributed by atoms with van der Waals surface area (Å²) >= 11 is 0. The summed E-state index contributed by atoms with van der Waals surface area (Å²) in [6, 6.07) is 8.01. The number of hydrogen-bond acceptors (Lipinski definition) is 4. The second-order valence-corrected chi connectivity index (χ2v) is 8.96. The van der Waals surface area contributed by atoms with E-state index < -0.39 is 15.6 Å². The first-order valence-electron chi connectivity index (χ1n) is 8.22. The Hall–Kier alpha value is -1.44. The number of likely N-dealkylation sites (N-methyl/N-ethyl adjacent to an activating group) is 1. The summed E-state index contributed by atoms with van der Waals surface area (Å²) in [5.74, 6) is 0.0986. The number of likely N-dealkylation sites (tertiary alicyclic amines) is 1. The fourth-order valence-corrected chi connectivity index (χ4v) is 4.69. The monoisotopic (exact) mass is 351 g/mol. The molecule has 2 aliphatic rings. The van der Waals surface area contributed by atoms with E-state index in [2.05, 4.69) is 16.9 Å². The topological polar surface area (TPSA) is 69.7 Å². The summed E-state index contributed by atoms with van der Waals surface area (Å²) in [7, 11) is 0.652. The van der Waals surface area contributed by atoms with Crippen molar-refractivity contribution in [3.8, 4) is 0 Å². The van der Waals surface area contributed by atoms with Crippen LogP contribution in [-0.2, 0) is 27.7 Å². The third-order valence-electron chi connectivity index (χ3n) is 5.19. The van der Waals surface area contributed by atoms with E-state index in [1.54, 1.807) is 0 Å². The maximum Gasteiger partial charge on any atom is 0.243 e. The smallest absolute Gasteiger partial charge is 0.243 e. The highest BCUT2D eigenvalue weighted by atomic mass is 32.2. The second kappa shape index (κ2) is 6.13. The third kappa shape index (κ3) is 3.20. The number of carbonyl (C=O) groups is 1. The summed E-state index contributed by atoms with van der Waals surface area (Å²) in [4.78, 5) is 17.1. The summed E-state index contributed by atoms with van der Waals surface area (Å²) < 4.78 is 25.5. The molecular formula is C17H25N3O3S. The van der Waals surface area contributed by atoms with Crippen molar-refractivity contribution in [3.05, 3.63) is 35.4 Å². The first-order valence-corrected chi connectivity index (χ1v) is 10.1. The number of nitrogens with zero attached hydrogens (tertiary/aromatic N) is 2. The quantitative estimate of drug-likeness (QED) is 0.843. The van der Waals surface area contributed by atoms with Crippen LogP contribution in [0.2, 0.25) is 0 Å². The molecule has 1 aromatic carbocycles. The van der Waals surface area contributed by atoms with Crippen LogP contribution >= 0.6 is 0 Å². The van der Waals surface area contributed by atoms with Crippen molar-refractivity contribution in [3.63, 3.8) is 0 Å². The van der Waals surface area contributed by atoms with Gasteiger partial charge in [-0.25, -0.2) is 13.1 Å². The van der Waals surface area contributed by atoms with Gasteiger partial charge in [-0.3, -0.25) is 9.69 Å². The molecule has 0 aromatic heterocycles. The van der Waals surface area contributed by atoms with Crippen molar-refractivity contribution >= 4 is 15.9 Å².